The second-order valence-electron chi connectivity index (χ2n) is 8.86. The van der Waals surface area contributed by atoms with Gasteiger partial charge in [-0.15, -0.1) is 0 Å². The number of hydrogen-bond donors (Lipinski definition) is 1. The molecule has 5 atom stereocenters. The fourth-order valence-electron chi connectivity index (χ4n) is 5.76. The van der Waals surface area contributed by atoms with E-state index in [1.54, 1.807) is 7.11 Å². The molecule has 7 nitrogen and oxygen atoms in total. The molecule has 3 amide bonds. The predicted octanol–water partition coefficient (Wildman–Crippen LogP) is 2.89. The second-order valence-corrected chi connectivity index (χ2v) is 8.86. The summed E-state index contributed by atoms with van der Waals surface area (Å²) in [5.41, 5.74) is 0.0104. The van der Waals surface area contributed by atoms with E-state index in [2.05, 4.69) is 19.2 Å². The number of urea groups is 1. The Morgan fingerprint density at radius 1 is 1.21 bits per heavy atom. The monoisotopic (exact) mass is 402 g/mol. The third-order valence-electron chi connectivity index (χ3n) is 7.50. The van der Waals surface area contributed by atoms with Gasteiger partial charge >= 0.3 is 6.03 Å². The van der Waals surface area contributed by atoms with Crippen LogP contribution in [0.4, 0.5) is 4.79 Å². The molecular formula is C22H30N2O5. The molecule has 7 heteroatoms. The van der Waals surface area contributed by atoms with Gasteiger partial charge < -0.3 is 19.5 Å². The SMILES string of the molecule is CO[C@H]1[C@H](OCc2ccccc2)NC(=O)N1C(=O)[C@]12CC[C@H](C[C@H]1OC)C2(C)C. The highest BCUT2D eigenvalue weighted by atomic mass is 16.6. The number of rotatable bonds is 6. The Hall–Kier alpha value is -1.96. The van der Waals surface area contributed by atoms with Crippen molar-refractivity contribution in [1.82, 2.24) is 10.2 Å². The highest BCUT2D eigenvalue weighted by Gasteiger charge is 2.70. The molecule has 1 saturated heterocycles. The smallest absolute Gasteiger partial charge is 0.328 e. The van der Waals surface area contributed by atoms with Gasteiger partial charge in [0.1, 0.15) is 0 Å². The van der Waals surface area contributed by atoms with Crippen molar-refractivity contribution in [1.29, 1.82) is 0 Å². The number of benzene rings is 1. The van der Waals surface area contributed by atoms with Gasteiger partial charge in [0.15, 0.2) is 12.5 Å². The number of hydrogen-bond acceptors (Lipinski definition) is 5. The van der Waals surface area contributed by atoms with E-state index in [1.165, 1.54) is 12.0 Å². The molecule has 2 bridgehead atoms. The number of carbonyl (C=O) groups is 2. The van der Waals surface area contributed by atoms with Gasteiger partial charge in [-0.25, -0.2) is 9.69 Å². The normalized spacial score (nSPS) is 35.2. The fraction of sp³-hybridized carbons (Fsp3) is 0.636. The van der Waals surface area contributed by atoms with E-state index < -0.39 is 23.9 Å². The van der Waals surface area contributed by atoms with Crippen LogP contribution >= 0.6 is 0 Å². The third kappa shape index (κ3) is 2.90. The zero-order chi connectivity index (χ0) is 20.8. The van der Waals surface area contributed by atoms with Gasteiger partial charge in [-0.3, -0.25) is 4.79 Å². The molecular weight excluding hydrogens is 372 g/mol. The first-order chi connectivity index (χ1) is 13.9. The Morgan fingerprint density at radius 2 is 1.93 bits per heavy atom. The van der Waals surface area contributed by atoms with Crippen LogP contribution in [-0.4, -0.2) is 49.6 Å². The summed E-state index contributed by atoms with van der Waals surface area (Å²) < 4.78 is 17.2. The third-order valence-corrected chi connectivity index (χ3v) is 7.50. The lowest BCUT2D eigenvalue weighted by Crippen LogP contribution is -2.56. The van der Waals surface area contributed by atoms with Crippen LogP contribution in [0.2, 0.25) is 0 Å². The largest absolute Gasteiger partial charge is 0.380 e. The highest BCUT2D eigenvalue weighted by molar-refractivity contribution is 6.00. The lowest BCUT2D eigenvalue weighted by Gasteiger charge is -2.42. The van der Waals surface area contributed by atoms with Crippen molar-refractivity contribution < 1.29 is 23.8 Å². The van der Waals surface area contributed by atoms with Crippen molar-refractivity contribution in [3.63, 3.8) is 0 Å². The van der Waals surface area contributed by atoms with Crippen LogP contribution in [0.5, 0.6) is 0 Å². The van der Waals surface area contributed by atoms with Gasteiger partial charge in [-0.2, -0.15) is 0 Å². The number of imide groups is 1. The average Bonchev–Trinajstić information content (AvgIpc) is 3.27. The Balaban J connectivity index is 1.57. The topological polar surface area (TPSA) is 77.1 Å². The number of amides is 3. The summed E-state index contributed by atoms with van der Waals surface area (Å²) >= 11 is 0. The van der Waals surface area contributed by atoms with Gasteiger partial charge in [-0.1, -0.05) is 44.2 Å². The minimum Gasteiger partial charge on any atom is -0.380 e. The molecule has 1 N–H and O–H groups in total. The molecule has 158 valence electrons. The summed E-state index contributed by atoms with van der Waals surface area (Å²) in [5.74, 6) is 0.192. The van der Waals surface area contributed by atoms with Gasteiger partial charge in [0.05, 0.1) is 18.1 Å². The summed E-state index contributed by atoms with van der Waals surface area (Å²) in [6, 6.07) is 9.21. The van der Waals surface area contributed by atoms with Crippen molar-refractivity contribution >= 4 is 11.9 Å². The molecule has 2 aliphatic carbocycles. The number of nitrogens with one attached hydrogen (secondary N) is 1. The lowest BCUT2D eigenvalue weighted by atomic mass is 9.67. The molecule has 1 heterocycles. The van der Waals surface area contributed by atoms with Crippen molar-refractivity contribution in [3.05, 3.63) is 35.9 Å². The van der Waals surface area contributed by atoms with E-state index in [-0.39, 0.29) is 17.4 Å². The van der Waals surface area contributed by atoms with E-state index in [9.17, 15) is 9.59 Å². The molecule has 2 saturated carbocycles. The standard InChI is InChI=1S/C22H30N2O5/c1-21(2)15-10-11-22(21,16(12-15)27-3)19(25)24-18(28-4)17(23-20(24)26)29-13-14-8-6-5-7-9-14/h5-9,15-18H,10-13H2,1-4H3,(H,23,26)/t15-,16-,17+,18+,22+/m1/s1. The van der Waals surface area contributed by atoms with E-state index in [0.717, 1.165) is 24.8 Å². The van der Waals surface area contributed by atoms with Crippen LogP contribution in [0.15, 0.2) is 30.3 Å². The number of nitrogens with zero attached hydrogens (tertiary/aromatic N) is 1. The van der Waals surface area contributed by atoms with E-state index in [0.29, 0.717) is 12.5 Å². The molecule has 0 unspecified atom stereocenters. The van der Waals surface area contributed by atoms with Crippen LogP contribution in [-0.2, 0) is 25.6 Å². The molecule has 0 aromatic heterocycles. The molecule has 3 fully saturated rings. The first kappa shape index (κ1) is 20.3. The summed E-state index contributed by atoms with van der Waals surface area (Å²) in [6.07, 6.45) is 0.795. The van der Waals surface area contributed by atoms with E-state index in [4.69, 9.17) is 14.2 Å². The molecule has 1 aromatic rings. The van der Waals surface area contributed by atoms with Crippen molar-refractivity contribution in [3.8, 4) is 0 Å². The molecule has 1 aromatic carbocycles. The van der Waals surface area contributed by atoms with Crippen molar-refractivity contribution in [2.75, 3.05) is 14.2 Å². The minimum absolute atomic E-state index is 0.196. The van der Waals surface area contributed by atoms with E-state index >= 15 is 0 Å². The molecule has 4 rings (SSSR count). The van der Waals surface area contributed by atoms with Crippen LogP contribution in [0.3, 0.4) is 0 Å². The summed E-state index contributed by atoms with van der Waals surface area (Å²) in [5, 5.41) is 2.77. The van der Waals surface area contributed by atoms with Gasteiger partial charge in [0, 0.05) is 14.2 Å². The lowest BCUT2D eigenvalue weighted by molar-refractivity contribution is -0.168. The minimum atomic E-state index is -0.818. The number of methoxy groups -OCH3 is 2. The van der Waals surface area contributed by atoms with Crippen LogP contribution in [0.1, 0.15) is 38.7 Å². The quantitative estimate of drug-likeness (QED) is 0.792. The molecule has 29 heavy (non-hydrogen) atoms. The zero-order valence-corrected chi connectivity index (χ0v) is 17.5. The van der Waals surface area contributed by atoms with Gasteiger partial charge in [0.2, 0.25) is 5.91 Å². The summed E-state index contributed by atoms with van der Waals surface area (Å²) in [6.45, 7) is 4.56. The molecule has 0 spiro atoms. The Morgan fingerprint density at radius 3 is 2.55 bits per heavy atom. The highest BCUT2D eigenvalue weighted by Crippen LogP contribution is 2.67. The zero-order valence-electron chi connectivity index (χ0n) is 17.5. The Bertz CT molecular complexity index is 783. The van der Waals surface area contributed by atoms with Crippen LogP contribution < -0.4 is 5.32 Å². The second kappa shape index (κ2) is 7.38. The van der Waals surface area contributed by atoms with Crippen molar-refractivity contribution in [2.24, 2.45) is 16.7 Å². The molecule has 0 radical (unpaired) electrons. The Labute approximate surface area is 171 Å². The van der Waals surface area contributed by atoms with Crippen LogP contribution in [0.25, 0.3) is 0 Å². The molecule has 1 aliphatic heterocycles. The predicted molar refractivity (Wildman–Crippen MR) is 106 cm³/mol. The van der Waals surface area contributed by atoms with Gasteiger partial charge in [0.25, 0.3) is 0 Å². The maximum atomic E-state index is 13.9. The first-order valence-electron chi connectivity index (χ1n) is 10.2. The van der Waals surface area contributed by atoms with Crippen molar-refractivity contribution in [2.45, 2.75) is 58.3 Å². The summed E-state index contributed by atoms with van der Waals surface area (Å²) in [7, 11) is 3.15. The number of carbonyl (C=O) groups excluding carboxylic acids is 2. The maximum Gasteiger partial charge on any atom is 0.328 e. The van der Waals surface area contributed by atoms with Crippen LogP contribution in [0, 0.1) is 16.7 Å². The number of fused-ring (bicyclic) bond motifs is 2. The maximum absolute atomic E-state index is 13.9. The van der Waals surface area contributed by atoms with E-state index in [1.807, 2.05) is 30.3 Å². The average molecular weight is 402 g/mol. The fourth-order valence-corrected chi connectivity index (χ4v) is 5.76. The summed E-state index contributed by atoms with van der Waals surface area (Å²) in [4.78, 5) is 27.9. The molecule has 3 aliphatic rings. The van der Waals surface area contributed by atoms with Gasteiger partial charge in [-0.05, 0) is 36.2 Å². The first-order valence-corrected chi connectivity index (χ1v) is 10.2. The number of ether oxygens (including phenoxy) is 3. The Kier molecular flexibility index (Phi) is 5.17.